The maximum atomic E-state index is 14.2. The zero-order chi connectivity index (χ0) is 28.4. The van der Waals surface area contributed by atoms with Crippen LogP contribution in [0.5, 0.6) is 0 Å². The number of likely N-dealkylation sites (N-methyl/N-ethyl adjacent to an activating group) is 1. The molecule has 8 nitrogen and oxygen atoms in total. The van der Waals surface area contributed by atoms with Crippen molar-refractivity contribution in [2.24, 2.45) is 0 Å². The summed E-state index contributed by atoms with van der Waals surface area (Å²) in [6.07, 6.45) is 8.80. The molecule has 9 heteroatoms. The van der Waals surface area contributed by atoms with Crippen LogP contribution in [0.1, 0.15) is 22.5 Å². The molecular formula is C31H31FN8. The second-order valence-electron chi connectivity index (χ2n) is 10.0. The highest BCUT2D eigenvalue weighted by Gasteiger charge is 2.19. The first-order chi connectivity index (χ1) is 19.2. The number of pyridine rings is 2. The number of aromatic nitrogens is 6. The zero-order valence-corrected chi connectivity index (χ0v) is 23.0. The first kappa shape index (κ1) is 26.7. The molecular weight excluding hydrogens is 503 g/mol. The van der Waals surface area contributed by atoms with Crippen LogP contribution in [0, 0.1) is 19.7 Å². The minimum Gasteiger partial charge on any atom is -0.357 e. The summed E-state index contributed by atoms with van der Waals surface area (Å²) in [4.78, 5) is 19.3. The van der Waals surface area contributed by atoms with Crippen LogP contribution in [0.15, 0.2) is 79.9 Å². The summed E-state index contributed by atoms with van der Waals surface area (Å²) in [6, 6.07) is 8.90. The quantitative estimate of drug-likeness (QED) is 0.193. The fourth-order valence-electron chi connectivity index (χ4n) is 4.69. The van der Waals surface area contributed by atoms with E-state index in [1.807, 2.05) is 57.1 Å². The second-order valence-corrected chi connectivity index (χ2v) is 10.0. The Morgan fingerprint density at radius 3 is 2.67 bits per heavy atom. The predicted octanol–water partition coefficient (Wildman–Crippen LogP) is 6.27. The molecule has 40 heavy (non-hydrogen) atoms. The number of hydrogen-bond donors (Lipinski definition) is 3. The van der Waals surface area contributed by atoms with Gasteiger partial charge in [0.05, 0.1) is 35.0 Å². The van der Waals surface area contributed by atoms with Crippen LogP contribution in [0.4, 0.5) is 10.1 Å². The van der Waals surface area contributed by atoms with Gasteiger partial charge in [-0.25, -0.2) is 9.37 Å². The normalized spacial score (nSPS) is 11.8. The number of H-pyrrole nitrogens is 2. The van der Waals surface area contributed by atoms with Gasteiger partial charge in [-0.15, -0.1) is 0 Å². The van der Waals surface area contributed by atoms with Crippen molar-refractivity contribution in [1.29, 1.82) is 0 Å². The highest BCUT2D eigenvalue weighted by molar-refractivity contribution is 5.93. The summed E-state index contributed by atoms with van der Waals surface area (Å²) >= 11 is 0. The lowest BCUT2D eigenvalue weighted by Gasteiger charge is -2.14. The number of nitrogens with zero attached hydrogens (tertiary/aromatic N) is 5. The first-order valence-corrected chi connectivity index (χ1v) is 12.8. The van der Waals surface area contributed by atoms with Gasteiger partial charge >= 0.3 is 0 Å². The van der Waals surface area contributed by atoms with Crippen molar-refractivity contribution >= 4 is 22.2 Å². The average molecular weight is 535 g/mol. The maximum absolute atomic E-state index is 14.2. The lowest BCUT2D eigenvalue weighted by Crippen LogP contribution is -2.18. The molecule has 202 valence electrons. The Kier molecular flexibility index (Phi) is 7.39. The van der Waals surface area contributed by atoms with E-state index in [9.17, 15) is 4.39 Å². The van der Waals surface area contributed by atoms with Crippen LogP contribution in [-0.4, -0.2) is 55.7 Å². The maximum Gasteiger partial charge on any atom is 0.159 e. The molecule has 0 saturated carbocycles. The molecule has 0 fully saturated rings. The van der Waals surface area contributed by atoms with Crippen molar-refractivity contribution in [3.8, 4) is 22.8 Å². The molecule has 3 N–H and O–H groups in total. The summed E-state index contributed by atoms with van der Waals surface area (Å²) in [5, 5.41) is 11.8. The average Bonchev–Trinajstić information content (AvgIpc) is 3.49. The molecule has 0 saturated heterocycles. The molecule has 0 amide bonds. The number of fused-ring (bicyclic) bond motifs is 1. The number of aryl methyl sites for hydroxylation is 2. The Bertz CT molecular complexity index is 1740. The molecule has 4 heterocycles. The summed E-state index contributed by atoms with van der Waals surface area (Å²) in [5.41, 5.74) is 8.58. The lowest BCUT2D eigenvalue weighted by molar-refractivity contribution is 0.447. The van der Waals surface area contributed by atoms with E-state index in [2.05, 4.69) is 43.6 Å². The van der Waals surface area contributed by atoms with E-state index in [4.69, 9.17) is 4.98 Å². The molecule has 5 rings (SSSR count). The monoisotopic (exact) mass is 534 g/mol. The SMILES string of the molecule is C=C/C=C(/c1cc(C)cc(F)c1)c1nc(-c2n[nH]c3cnc(-c4cncc(NC(=C)CN(C)C)c4)cc23)[nH]c1C. The highest BCUT2D eigenvalue weighted by atomic mass is 19.1. The third-order valence-electron chi connectivity index (χ3n) is 6.31. The number of halogens is 1. The summed E-state index contributed by atoms with van der Waals surface area (Å²) in [6.45, 7) is 12.4. The summed E-state index contributed by atoms with van der Waals surface area (Å²) in [5.74, 6) is 0.292. The molecule has 0 aliphatic heterocycles. The summed E-state index contributed by atoms with van der Waals surface area (Å²) in [7, 11) is 3.98. The highest BCUT2D eigenvalue weighted by Crippen LogP contribution is 2.32. The van der Waals surface area contributed by atoms with Gasteiger partial charge in [0.1, 0.15) is 11.5 Å². The van der Waals surface area contributed by atoms with E-state index >= 15 is 0 Å². The van der Waals surface area contributed by atoms with Crippen molar-refractivity contribution in [1.82, 2.24) is 35.0 Å². The lowest BCUT2D eigenvalue weighted by atomic mass is 9.99. The molecule has 1 aromatic carbocycles. The van der Waals surface area contributed by atoms with Crippen LogP contribution < -0.4 is 5.32 Å². The van der Waals surface area contributed by atoms with E-state index in [0.29, 0.717) is 23.8 Å². The Hall–Kier alpha value is -4.89. The largest absolute Gasteiger partial charge is 0.357 e. The van der Waals surface area contributed by atoms with Crippen molar-refractivity contribution < 1.29 is 4.39 Å². The molecule has 0 spiro atoms. The summed E-state index contributed by atoms with van der Waals surface area (Å²) < 4.78 is 14.2. The van der Waals surface area contributed by atoms with Gasteiger partial charge in [0.2, 0.25) is 0 Å². The van der Waals surface area contributed by atoms with Crippen LogP contribution in [-0.2, 0) is 0 Å². The van der Waals surface area contributed by atoms with Crippen LogP contribution in [0.2, 0.25) is 0 Å². The van der Waals surface area contributed by atoms with Crippen LogP contribution in [0.25, 0.3) is 39.3 Å². The number of anilines is 1. The van der Waals surface area contributed by atoms with E-state index in [1.165, 1.54) is 12.1 Å². The van der Waals surface area contributed by atoms with Gasteiger partial charge in [0.25, 0.3) is 0 Å². The van der Waals surface area contributed by atoms with Crippen LogP contribution >= 0.6 is 0 Å². The van der Waals surface area contributed by atoms with Gasteiger partial charge in [-0.05, 0) is 63.3 Å². The molecule has 5 aromatic rings. The first-order valence-electron chi connectivity index (χ1n) is 12.8. The fraction of sp³-hybridized carbons (Fsp3) is 0.161. The van der Waals surface area contributed by atoms with Gasteiger partial charge in [0.15, 0.2) is 5.82 Å². The number of allylic oxidation sites excluding steroid dienone is 2. The number of hydrogen-bond acceptors (Lipinski definition) is 6. The van der Waals surface area contributed by atoms with Gasteiger partial charge in [-0.2, -0.15) is 5.10 Å². The third kappa shape index (κ3) is 5.60. The molecule has 0 radical (unpaired) electrons. The second kappa shape index (κ2) is 11.1. The van der Waals surface area contributed by atoms with Crippen LogP contribution in [0.3, 0.4) is 0 Å². The standard InChI is InChI=1S/C31H31FN8/c1-7-8-25(21-9-18(2)10-23(32)11-21)29-20(4)36-31(37-29)30-26-13-27(34-16-28(26)38-39-30)22-12-24(15-33-14-22)35-19(3)17-40(5)6/h7-16,35H,1,3,17H2,2,4-6H3,(H,36,37)(H,38,39)/b25-8-. The Labute approximate surface area is 232 Å². The minimum absolute atomic E-state index is 0.299. The topological polar surface area (TPSA) is 98.4 Å². The Morgan fingerprint density at radius 2 is 1.93 bits per heavy atom. The van der Waals surface area contributed by atoms with Gasteiger partial charge in [0, 0.05) is 40.7 Å². The number of imidazole rings is 1. The molecule has 0 aliphatic carbocycles. The number of aromatic amines is 2. The van der Waals surface area contributed by atoms with Gasteiger partial charge in [-0.3, -0.25) is 15.1 Å². The van der Waals surface area contributed by atoms with E-state index in [1.54, 1.807) is 24.7 Å². The number of rotatable bonds is 9. The van der Waals surface area contributed by atoms with Crippen molar-refractivity contribution in [2.45, 2.75) is 13.8 Å². The Morgan fingerprint density at radius 1 is 1.10 bits per heavy atom. The van der Waals surface area contributed by atoms with Gasteiger partial charge < -0.3 is 15.2 Å². The van der Waals surface area contributed by atoms with E-state index < -0.39 is 0 Å². The number of nitrogens with one attached hydrogen (secondary N) is 3. The smallest absolute Gasteiger partial charge is 0.159 e. The van der Waals surface area contributed by atoms with Crippen molar-refractivity contribution in [2.75, 3.05) is 26.0 Å². The third-order valence-corrected chi connectivity index (χ3v) is 6.31. The van der Waals surface area contributed by atoms with Gasteiger partial charge in [-0.1, -0.05) is 31.4 Å². The Balaban J connectivity index is 1.52. The van der Waals surface area contributed by atoms with E-state index in [0.717, 1.165) is 55.9 Å². The van der Waals surface area contributed by atoms with E-state index in [-0.39, 0.29) is 5.82 Å². The molecule has 0 atom stereocenters. The predicted molar refractivity (Wildman–Crippen MR) is 159 cm³/mol. The molecule has 0 unspecified atom stereocenters. The zero-order valence-electron chi connectivity index (χ0n) is 23.0. The van der Waals surface area contributed by atoms with Crippen molar-refractivity contribution in [3.05, 3.63) is 108 Å². The van der Waals surface area contributed by atoms with Crippen molar-refractivity contribution in [3.63, 3.8) is 0 Å². The minimum atomic E-state index is -0.299. The molecule has 0 bridgehead atoms. The number of benzene rings is 1. The molecule has 0 aliphatic rings. The molecule has 4 aromatic heterocycles. The fourth-order valence-corrected chi connectivity index (χ4v) is 4.69.